The molecule has 4 nitrogen and oxygen atoms in total. The average Bonchev–Trinajstić information content (AvgIpc) is 2.90. The van der Waals surface area contributed by atoms with Crippen molar-refractivity contribution < 1.29 is 9.15 Å². The number of hydrogen-bond acceptors (Lipinski definition) is 4. The molecule has 1 aromatic carbocycles. The number of hydrogen-bond donors (Lipinski definition) is 1. The summed E-state index contributed by atoms with van der Waals surface area (Å²) in [6.07, 6.45) is 4.40. The van der Waals surface area contributed by atoms with Crippen molar-refractivity contribution in [3.8, 4) is 5.75 Å². The Labute approximate surface area is 113 Å². The molecule has 19 heavy (non-hydrogen) atoms. The van der Waals surface area contributed by atoms with Crippen LogP contribution in [0.4, 0.5) is 11.4 Å². The van der Waals surface area contributed by atoms with Gasteiger partial charge in [-0.25, -0.2) is 0 Å². The lowest BCUT2D eigenvalue weighted by Gasteiger charge is -2.20. The summed E-state index contributed by atoms with van der Waals surface area (Å²) < 4.78 is 10.7. The number of ether oxygens (including phenoxy) is 1. The van der Waals surface area contributed by atoms with Crippen molar-refractivity contribution in [1.29, 1.82) is 0 Å². The van der Waals surface area contributed by atoms with Crippen LogP contribution in [0, 0.1) is 0 Å². The lowest BCUT2D eigenvalue weighted by molar-refractivity contribution is 0.319. The van der Waals surface area contributed by atoms with Crippen LogP contribution in [0.15, 0.2) is 41.2 Å². The van der Waals surface area contributed by atoms with Crippen LogP contribution in [0.3, 0.4) is 0 Å². The van der Waals surface area contributed by atoms with Crippen molar-refractivity contribution in [3.05, 3.63) is 42.4 Å². The fourth-order valence-electron chi connectivity index (χ4n) is 1.85. The summed E-state index contributed by atoms with van der Waals surface area (Å²) in [5.41, 5.74) is 8.79. The van der Waals surface area contributed by atoms with Gasteiger partial charge in [0.05, 0.1) is 24.8 Å². The van der Waals surface area contributed by atoms with Crippen LogP contribution in [0.1, 0.15) is 18.9 Å². The molecule has 2 rings (SSSR count). The summed E-state index contributed by atoms with van der Waals surface area (Å²) in [6.45, 7) is 3.54. The molecule has 0 radical (unpaired) electrons. The Morgan fingerprint density at radius 1 is 1.32 bits per heavy atom. The van der Waals surface area contributed by atoms with Gasteiger partial charge in [0.25, 0.3) is 0 Å². The molecule has 1 heterocycles. The lowest BCUT2D eigenvalue weighted by Crippen LogP contribution is -2.16. The Bertz CT molecular complexity index is 509. The van der Waals surface area contributed by atoms with E-state index >= 15 is 0 Å². The van der Waals surface area contributed by atoms with Gasteiger partial charge in [0, 0.05) is 30.9 Å². The highest BCUT2D eigenvalue weighted by Crippen LogP contribution is 2.28. The Hall–Kier alpha value is -2.10. The van der Waals surface area contributed by atoms with E-state index in [-0.39, 0.29) is 0 Å². The highest BCUT2D eigenvalue weighted by molar-refractivity contribution is 5.62. The van der Waals surface area contributed by atoms with Gasteiger partial charge in [-0.15, -0.1) is 0 Å². The first-order chi connectivity index (χ1) is 9.20. The van der Waals surface area contributed by atoms with Gasteiger partial charge in [0.15, 0.2) is 0 Å². The van der Waals surface area contributed by atoms with Crippen LogP contribution < -0.4 is 15.4 Å². The normalized spacial score (nSPS) is 10.4. The van der Waals surface area contributed by atoms with E-state index in [2.05, 4.69) is 11.8 Å². The van der Waals surface area contributed by atoms with Gasteiger partial charge in [-0.05, 0) is 24.6 Å². The van der Waals surface area contributed by atoms with Crippen LogP contribution in [0.5, 0.6) is 5.75 Å². The monoisotopic (exact) mass is 260 g/mol. The molecule has 0 unspecified atom stereocenters. The molecule has 2 aromatic rings. The number of rotatable bonds is 6. The number of benzene rings is 1. The number of furan rings is 1. The van der Waals surface area contributed by atoms with Crippen molar-refractivity contribution in [2.24, 2.45) is 0 Å². The minimum Gasteiger partial charge on any atom is -0.491 e. The summed E-state index contributed by atoms with van der Waals surface area (Å²) in [5, 5.41) is 0. The molecule has 2 N–H and O–H groups in total. The van der Waals surface area contributed by atoms with Crippen LogP contribution >= 0.6 is 0 Å². The standard InChI is InChI=1S/C15H20N2O2/c1-3-7-19-15-9-13(4-5-14(15)16)17(2)10-12-6-8-18-11-12/h4-6,8-9,11H,3,7,10,16H2,1-2H3. The Balaban J connectivity index is 2.10. The first-order valence-electron chi connectivity index (χ1n) is 6.45. The molecule has 0 spiro atoms. The maximum Gasteiger partial charge on any atom is 0.144 e. The van der Waals surface area contributed by atoms with Gasteiger partial charge < -0.3 is 19.8 Å². The molecule has 0 aliphatic carbocycles. The first-order valence-corrected chi connectivity index (χ1v) is 6.45. The minimum absolute atomic E-state index is 0.675. The second-order valence-electron chi connectivity index (χ2n) is 4.56. The molecular weight excluding hydrogens is 240 g/mol. The van der Waals surface area contributed by atoms with Crippen molar-refractivity contribution in [2.45, 2.75) is 19.9 Å². The van der Waals surface area contributed by atoms with Gasteiger partial charge in [-0.3, -0.25) is 0 Å². The second kappa shape index (κ2) is 6.18. The zero-order chi connectivity index (χ0) is 13.7. The van der Waals surface area contributed by atoms with E-state index in [4.69, 9.17) is 14.9 Å². The third-order valence-electron chi connectivity index (χ3n) is 2.90. The number of nitrogens with two attached hydrogens (primary N) is 1. The predicted molar refractivity (Wildman–Crippen MR) is 77.5 cm³/mol. The van der Waals surface area contributed by atoms with Crippen LogP contribution in [-0.2, 0) is 6.54 Å². The topological polar surface area (TPSA) is 51.6 Å². The molecule has 0 saturated carbocycles. The second-order valence-corrected chi connectivity index (χ2v) is 4.56. The zero-order valence-corrected chi connectivity index (χ0v) is 11.4. The smallest absolute Gasteiger partial charge is 0.144 e. The molecule has 1 aromatic heterocycles. The summed E-state index contributed by atoms with van der Waals surface area (Å²) in [5.74, 6) is 0.749. The molecule has 0 bridgehead atoms. The Morgan fingerprint density at radius 3 is 2.84 bits per heavy atom. The summed E-state index contributed by atoms with van der Waals surface area (Å²) >= 11 is 0. The Morgan fingerprint density at radius 2 is 2.16 bits per heavy atom. The van der Waals surface area contributed by atoms with E-state index in [9.17, 15) is 0 Å². The molecule has 4 heteroatoms. The fourth-order valence-corrected chi connectivity index (χ4v) is 1.85. The van der Waals surface area contributed by atoms with E-state index in [1.807, 2.05) is 31.3 Å². The van der Waals surface area contributed by atoms with E-state index in [0.717, 1.165) is 30.0 Å². The van der Waals surface area contributed by atoms with E-state index in [1.54, 1.807) is 12.5 Å². The van der Waals surface area contributed by atoms with E-state index in [1.165, 1.54) is 0 Å². The van der Waals surface area contributed by atoms with Gasteiger partial charge in [0.2, 0.25) is 0 Å². The van der Waals surface area contributed by atoms with Crippen LogP contribution in [0.25, 0.3) is 0 Å². The quantitative estimate of drug-likeness (QED) is 0.810. The third-order valence-corrected chi connectivity index (χ3v) is 2.90. The highest BCUT2D eigenvalue weighted by Gasteiger charge is 2.07. The molecule has 0 aliphatic heterocycles. The van der Waals surface area contributed by atoms with E-state index < -0.39 is 0 Å². The largest absolute Gasteiger partial charge is 0.491 e. The highest BCUT2D eigenvalue weighted by atomic mass is 16.5. The van der Waals surface area contributed by atoms with Gasteiger partial charge >= 0.3 is 0 Å². The molecule has 102 valence electrons. The van der Waals surface area contributed by atoms with Crippen molar-refractivity contribution in [3.63, 3.8) is 0 Å². The maximum atomic E-state index is 5.91. The maximum absolute atomic E-state index is 5.91. The SMILES string of the molecule is CCCOc1cc(N(C)Cc2ccoc2)ccc1N. The molecule has 0 fully saturated rings. The fraction of sp³-hybridized carbons (Fsp3) is 0.333. The van der Waals surface area contributed by atoms with Crippen LogP contribution in [-0.4, -0.2) is 13.7 Å². The van der Waals surface area contributed by atoms with Crippen molar-refractivity contribution >= 4 is 11.4 Å². The molecule has 0 atom stereocenters. The Kier molecular flexibility index (Phi) is 4.34. The van der Waals surface area contributed by atoms with E-state index in [0.29, 0.717) is 12.3 Å². The van der Waals surface area contributed by atoms with Crippen molar-refractivity contribution in [1.82, 2.24) is 0 Å². The summed E-state index contributed by atoms with van der Waals surface area (Å²) in [4.78, 5) is 2.13. The van der Waals surface area contributed by atoms with Gasteiger partial charge in [0.1, 0.15) is 5.75 Å². The summed E-state index contributed by atoms with van der Waals surface area (Å²) in [7, 11) is 2.03. The predicted octanol–water partition coefficient (Wildman–Crippen LogP) is 3.29. The summed E-state index contributed by atoms with van der Waals surface area (Å²) in [6, 6.07) is 7.81. The van der Waals surface area contributed by atoms with Gasteiger partial charge in [-0.2, -0.15) is 0 Å². The third kappa shape index (κ3) is 3.44. The van der Waals surface area contributed by atoms with Crippen molar-refractivity contribution in [2.75, 3.05) is 24.3 Å². The zero-order valence-electron chi connectivity index (χ0n) is 11.4. The molecule has 0 saturated heterocycles. The number of nitrogen functional groups attached to an aromatic ring is 1. The van der Waals surface area contributed by atoms with Gasteiger partial charge in [-0.1, -0.05) is 6.92 Å². The molecule has 0 aliphatic rings. The number of anilines is 2. The number of nitrogens with zero attached hydrogens (tertiary/aromatic N) is 1. The average molecular weight is 260 g/mol. The van der Waals surface area contributed by atoms with Crippen LogP contribution in [0.2, 0.25) is 0 Å². The minimum atomic E-state index is 0.675. The molecular formula is C15H20N2O2. The first kappa shape index (κ1) is 13.3. The molecule has 0 amide bonds. The lowest BCUT2D eigenvalue weighted by atomic mass is 10.2.